The molecular formula is C16H16BrN3O. The molecular weight excluding hydrogens is 330 g/mol. The maximum absolute atomic E-state index is 11.9. The van der Waals surface area contributed by atoms with Gasteiger partial charge in [-0.25, -0.2) is 9.78 Å². The van der Waals surface area contributed by atoms with E-state index < -0.39 is 0 Å². The summed E-state index contributed by atoms with van der Waals surface area (Å²) in [6.07, 6.45) is 2.73. The maximum atomic E-state index is 11.9. The molecule has 1 fully saturated rings. The van der Waals surface area contributed by atoms with Gasteiger partial charge in [0, 0.05) is 24.7 Å². The topological polar surface area (TPSA) is 54.0 Å². The first-order chi connectivity index (χ1) is 10.2. The SMILES string of the molecule is O=C(NCc1ccnc(Br)c1)N[C@@H]1C[C@H]1c1ccccc1. The summed E-state index contributed by atoms with van der Waals surface area (Å²) in [7, 11) is 0. The van der Waals surface area contributed by atoms with Crippen molar-refractivity contribution in [3.8, 4) is 0 Å². The molecule has 1 saturated carbocycles. The van der Waals surface area contributed by atoms with Gasteiger partial charge in [0.1, 0.15) is 4.60 Å². The van der Waals surface area contributed by atoms with E-state index in [-0.39, 0.29) is 12.1 Å². The number of aromatic nitrogens is 1. The summed E-state index contributed by atoms with van der Waals surface area (Å²) in [5.74, 6) is 0.451. The van der Waals surface area contributed by atoms with Crippen LogP contribution in [0.15, 0.2) is 53.3 Å². The van der Waals surface area contributed by atoms with Crippen LogP contribution in [0.25, 0.3) is 0 Å². The lowest BCUT2D eigenvalue weighted by molar-refractivity contribution is 0.240. The molecule has 2 amide bonds. The third-order valence-corrected chi connectivity index (χ3v) is 4.01. The third-order valence-electron chi connectivity index (χ3n) is 3.58. The van der Waals surface area contributed by atoms with Gasteiger partial charge in [-0.05, 0) is 45.6 Å². The summed E-state index contributed by atoms with van der Waals surface area (Å²) < 4.78 is 0.772. The number of amides is 2. The summed E-state index contributed by atoms with van der Waals surface area (Å²) in [6.45, 7) is 0.496. The molecule has 2 aromatic rings. The molecule has 1 aliphatic carbocycles. The molecule has 108 valence electrons. The minimum Gasteiger partial charge on any atom is -0.335 e. The van der Waals surface area contributed by atoms with Gasteiger partial charge >= 0.3 is 6.03 Å². The summed E-state index contributed by atoms with van der Waals surface area (Å²) in [5, 5.41) is 5.88. The van der Waals surface area contributed by atoms with E-state index in [2.05, 4.69) is 43.7 Å². The second kappa shape index (κ2) is 6.26. The lowest BCUT2D eigenvalue weighted by atomic mass is 10.1. The highest BCUT2D eigenvalue weighted by Crippen LogP contribution is 2.40. The van der Waals surface area contributed by atoms with Crippen molar-refractivity contribution in [2.75, 3.05) is 0 Å². The van der Waals surface area contributed by atoms with Crippen LogP contribution in [-0.2, 0) is 6.54 Å². The van der Waals surface area contributed by atoms with E-state index in [1.54, 1.807) is 6.20 Å². The van der Waals surface area contributed by atoms with E-state index in [1.807, 2.05) is 30.3 Å². The number of benzene rings is 1. The molecule has 0 saturated heterocycles. The average molecular weight is 346 g/mol. The van der Waals surface area contributed by atoms with Crippen molar-refractivity contribution in [3.63, 3.8) is 0 Å². The summed E-state index contributed by atoms with van der Waals surface area (Å²) in [6, 6.07) is 14.2. The largest absolute Gasteiger partial charge is 0.335 e. The molecule has 5 heteroatoms. The standard InChI is InChI=1S/C16H16BrN3O/c17-15-8-11(6-7-18-15)10-19-16(21)20-14-9-13(14)12-4-2-1-3-5-12/h1-8,13-14H,9-10H2,(H2,19,20,21)/t13-,14+/m0/s1. The van der Waals surface area contributed by atoms with Crippen LogP contribution in [-0.4, -0.2) is 17.1 Å². The second-order valence-electron chi connectivity index (χ2n) is 5.17. The molecule has 3 rings (SSSR count). The number of hydrogen-bond donors (Lipinski definition) is 2. The van der Waals surface area contributed by atoms with E-state index >= 15 is 0 Å². The van der Waals surface area contributed by atoms with Crippen LogP contribution in [0.2, 0.25) is 0 Å². The first-order valence-corrected chi connectivity index (χ1v) is 7.71. The first-order valence-electron chi connectivity index (χ1n) is 6.92. The molecule has 21 heavy (non-hydrogen) atoms. The Morgan fingerprint density at radius 2 is 2.10 bits per heavy atom. The smallest absolute Gasteiger partial charge is 0.315 e. The predicted molar refractivity (Wildman–Crippen MR) is 84.9 cm³/mol. The van der Waals surface area contributed by atoms with E-state index in [9.17, 15) is 4.79 Å². The van der Waals surface area contributed by atoms with Crippen LogP contribution in [0.1, 0.15) is 23.5 Å². The zero-order chi connectivity index (χ0) is 14.7. The number of urea groups is 1. The Balaban J connectivity index is 1.46. The van der Waals surface area contributed by atoms with Crippen LogP contribution in [0.5, 0.6) is 0 Å². The van der Waals surface area contributed by atoms with Gasteiger partial charge in [-0.15, -0.1) is 0 Å². The van der Waals surface area contributed by atoms with Crippen molar-refractivity contribution >= 4 is 22.0 Å². The third kappa shape index (κ3) is 3.82. The van der Waals surface area contributed by atoms with Crippen LogP contribution in [0.4, 0.5) is 4.79 Å². The molecule has 0 radical (unpaired) electrons. The molecule has 2 atom stereocenters. The van der Waals surface area contributed by atoms with Gasteiger partial charge in [-0.1, -0.05) is 30.3 Å². The number of carbonyl (C=O) groups excluding carboxylic acids is 1. The van der Waals surface area contributed by atoms with E-state index in [0.29, 0.717) is 12.5 Å². The average Bonchev–Trinajstić information content (AvgIpc) is 3.25. The second-order valence-corrected chi connectivity index (χ2v) is 5.99. The predicted octanol–water partition coefficient (Wildman–Crippen LogP) is 3.20. The van der Waals surface area contributed by atoms with Crippen molar-refractivity contribution in [1.82, 2.24) is 15.6 Å². The van der Waals surface area contributed by atoms with Gasteiger partial charge in [-0.3, -0.25) is 0 Å². The van der Waals surface area contributed by atoms with Crippen molar-refractivity contribution in [2.24, 2.45) is 0 Å². The first kappa shape index (κ1) is 14.1. The fourth-order valence-electron chi connectivity index (χ4n) is 2.38. The number of rotatable bonds is 4. The van der Waals surface area contributed by atoms with E-state index in [4.69, 9.17) is 0 Å². The van der Waals surface area contributed by atoms with Gasteiger partial charge in [-0.2, -0.15) is 0 Å². The zero-order valence-electron chi connectivity index (χ0n) is 11.4. The molecule has 1 aromatic heterocycles. The molecule has 1 heterocycles. The number of hydrogen-bond acceptors (Lipinski definition) is 2. The number of halogens is 1. The van der Waals surface area contributed by atoms with Crippen molar-refractivity contribution in [2.45, 2.75) is 24.9 Å². The molecule has 4 nitrogen and oxygen atoms in total. The lowest BCUT2D eigenvalue weighted by Crippen LogP contribution is -2.36. The molecule has 1 aliphatic rings. The van der Waals surface area contributed by atoms with Gasteiger partial charge in [0.05, 0.1) is 0 Å². The minimum absolute atomic E-state index is 0.119. The summed E-state index contributed by atoms with van der Waals surface area (Å²) in [5.41, 5.74) is 2.31. The summed E-state index contributed by atoms with van der Waals surface area (Å²) in [4.78, 5) is 15.9. The van der Waals surface area contributed by atoms with E-state index in [1.165, 1.54) is 5.56 Å². The Bertz CT molecular complexity index is 632. The Morgan fingerprint density at radius 3 is 2.86 bits per heavy atom. The molecule has 2 N–H and O–H groups in total. The Hall–Kier alpha value is -1.88. The molecule has 0 unspecified atom stereocenters. The van der Waals surface area contributed by atoms with Crippen molar-refractivity contribution in [3.05, 3.63) is 64.4 Å². The maximum Gasteiger partial charge on any atom is 0.315 e. The van der Waals surface area contributed by atoms with Crippen molar-refractivity contribution in [1.29, 1.82) is 0 Å². The van der Waals surface area contributed by atoms with Gasteiger partial charge in [0.25, 0.3) is 0 Å². The Labute approximate surface area is 132 Å². The Kier molecular flexibility index (Phi) is 4.20. The number of pyridine rings is 1. The lowest BCUT2D eigenvalue weighted by Gasteiger charge is -2.07. The fourth-order valence-corrected chi connectivity index (χ4v) is 2.79. The number of nitrogens with zero attached hydrogens (tertiary/aromatic N) is 1. The van der Waals surface area contributed by atoms with Crippen LogP contribution < -0.4 is 10.6 Å². The number of nitrogens with one attached hydrogen (secondary N) is 2. The normalized spacial score (nSPS) is 19.9. The number of carbonyl (C=O) groups is 1. The monoisotopic (exact) mass is 345 g/mol. The highest BCUT2D eigenvalue weighted by atomic mass is 79.9. The van der Waals surface area contributed by atoms with Crippen LogP contribution >= 0.6 is 15.9 Å². The summed E-state index contributed by atoms with van der Waals surface area (Å²) >= 11 is 3.31. The van der Waals surface area contributed by atoms with Gasteiger partial charge < -0.3 is 10.6 Å². The van der Waals surface area contributed by atoms with E-state index in [0.717, 1.165) is 16.6 Å². The van der Waals surface area contributed by atoms with Gasteiger partial charge in [0.2, 0.25) is 0 Å². The van der Waals surface area contributed by atoms with Crippen LogP contribution in [0, 0.1) is 0 Å². The molecule has 0 spiro atoms. The quantitative estimate of drug-likeness (QED) is 0.836. The molecule has 0 bridgehead atoms. The van der Waals surface area contributed by atoms with Crippen molar-refractivity contribution < 1.29 is 4.79 Å². The van der Waals surface area contributed by atoms with Gasteiger partial charge in [0.15, 0.2) is 0 Å². The minimum atomic E-state index is -0.119. The molecule has 1 aromatic carbocycles. The van der Waals surface area contributed by atoms with Crippen LogP contribution in [0.3, 0.4) is 0 Å². The fraction of sp³-hybridized carbons (Fsp3) is 0.250. The highest BCUT2D eigenvalue weighted by molar-refractivity contribution is 9.10. The molecule has 0 aliphatic heterocycles. The Morgan fingerprint density at radius 1 is 1.29 bits per heavy atom. The zero-order valence-corrected chi connectivity index (χ0v) is 13.0. The highest BCUT2D eigenvalue weighted by Gasteiger charge is 2.39.